The highest BCUT2D eigenvalue weighted by molar-refractivity contribution is 8.00. The van der Waals surface area contributed by atoms with Gasteiger partial charge in [-0.1, -0.05) is 11.8 Å². The minimum Gasteiger partial charge on any atom is -0.496 e. The average Bonchev–Trinajstić information content (AvgIpc) is 3.38. The molecule has 1 aromatic carbocycles. The van der Waals surface area contributed by atoms with Gasteiger partial charge in [-0.05, 0) is 38.8 Å². The summed E-state index contributed by atoms with van der Waals surface area (Å²) in [6.07, 6.45) is 2.18. The molecule has 0 spiro atoms. The number of anilines is 1. The van der Waals surface area contributed by atoms with Gasteiger partial charge in [0.1, 0.15) is 17.3 Å². The number of hydrogen-bond donors (Lipinski definition) is 1. The summed E-state index contributed by atoms with van der Waals surface area (Å²) in [4.78, 5) is 23.2. The Morgan fingerprint density at radius 1 is 1.46 bits per heavy atom. The second-order valence-electron chi connectivity index (χ2n) is 6.02. The summed E-state index contributed by atoms with van der Waals surface area (Å²) in [5.74, 6) is 0.838. The van der Waals surface area contributed by atoms with Gasteiger partial charge in [0.2, 0.25) is 5.91 Å². The molecule has 0 aliphatic heterocycles. The van der Waals surface area contributed by atoms with Crippen molar-refractivity contribution >= 4 is 29.0 Å². The molecule has 138 valence electrons. The molecule has 1 saturated carbocycles. The van der Waals surface area contributed by atoms with Crippen LogP contribution in [0.4, 0.5) is 11.4 Å². The molecule has 1 aliphatic carbocycles. The summed E-state index contributed by atoms with van der Waals surface area (Å²) in [7, 11) is 1.42. The summed E-state index contributed by atoms with van der Waals surface area (Å²) in [5, 5.41) is 22.3. The minimum atomic E-state index is -0.553. The van der Waals surface area contributed by atoms with Crippen molar-refractivity contribution in [2.24, 2.45) is 0 Å². The van der Waals surface area contributed by atoms with E-state index in [-0.39, 0.29) is 17.3 Å². The second-order valence-corrected chi connectivity index (χ2v) is 7.33. The smallest absolute Gasteiger partial charge is 0.296 e. The van der Waals surface area contributed by atoms with Gasteiger partial charge < -0.3 is 14.6 Å². The van der Waals surface area contributed by atoms with Crippen LogP contribution >= 0.6 is 11.8 Å². The first-order chi connectivity index (χ1) is 12.4. The van der Waals surface area contributed by atoms with Gasteiger partial charge in [0, 0.05) is 6.04 Å². The molecule has 10 heteroatoms. The lowest BCUT2D eigenvalue weighted by molar-refractivity contribution is -0.384. The van der Waals surface area contributed by atoms with Gasteiger partial charge in [-0.2, -0.15) is 0 Å². The molecule has 3 rings (SSSR count). The molecule has 26 heavy (non-hydrogen) atoms. The number of hydrogen-bond acceptors (Lipinski definition) is 7. The van der Waals surface area contributed by atoms with Crippen LogP contribution in [0.25, 0.3) is 0 Å². The number of carbonyl (C=O) groups is 1. The van der Waals surface area contributed by atoms with Crippen LogP contribution in [0.2, 0.25) is 0 Å². The lowest BCUT2D eigenvalue weighted by Gasteiger charge is -2.13. The Morgan fingerprint density at radius 3 is 2.81 bits per heavy atom. The zero-order valence-corrected chi connectivity index (χ0v) is 15.4. The number of thioether (sulfide) groups is 1. The third-order valence-corrected chi connectivity index (χ3v) is 5.11. The average molecular weight is 377 g/mol. The molecule has 1 N–H and O–H groups in total. The molecule has 0 saturated heterocycles. The predicted molar refractivity (Wildman–Crippen MR) is 96.6 cm³/mol. The maximum atomic E-state index is 12.5. The number of benzene rings is 1. The number of carbonyl (C=O) groups excluding carboxylic acids is 1. The number of aryl methyl sites for hydroxylation is 1. The van der Waals surface area contributed by atoms with Crippen LogP contribution < -0.4 is 10.1 Å². The van der Waals surface area contributed by atoms with Crippen LogP contribution in [0.3, 0.4) is 0 Å². The normalized spacial score (nSPS) is 14.7. The fraction of sp³-hybridized carbons (Fsp3) is 0.438. The number of nitro groups is 1. The molecule has 0 radical (unpaired) electrons. The molecule has 1 fully saturated rings. The Morgan fingerprint density at radius 2 is 2.19 bits per heavy atom. The molecule has 9 nitrogen and oxygen atoms in total. The maximum Gasteiger partial charge on any atom is 0.296 e. The molecule has 1 aromatic heterocycles. The summed E-state index contributed by atoms with van der Waals surface area (Å²) < 4.78 is 7.04. The lowest BCUT2D eigenvalue weighted by Crippen LogP contribution is -2.23. The first kappa shape index (κ1) is 18.2. The van der Waals surface area contributed by atoms with E-state index in [0.717, 1.165) is 18.7 Å². The van der Waals surface area contributed by atoms with Crippen LogP contribution in [-0.2, 0) is 4.79 Å². The Labute approximate surface area is 154 Å². The van der Waals surface area contributed by atoms with E-state index in [4.69, 9.17) is 4.74 Å². The van der Waals surface area contributed by atoms with Gasteiger partial charge in [-0.15, -0.1) is 10.2 Å². The fourth-order valence-corrected chi connectivity index (χ4v) is 3.49. The molecule has 2 aromatic rings. The van der Waals surface area contributed by atoms with Gasteiger partial charge in [0.05, 0.1) is 23.3 Å². The number of methoxy groups -OCH3 is 1. The van der Waals surface area contributed by atoms with Crippen LogP contribution in [0.1, 0.15) is 31.6 Å². The number of nitrogens with one attached hydrogen (secondary N) is 1. The molecular formula is C16H19N5O4S. The van der Waals surface area contributed by atoms with Gasteiger partial charge in [0.15, 0.2) is 5.16 Å². The highest BCUT2D eigenvalue weighted by atomic mass is 32.2. The molecule has 0 bridgehead atoms. The Bertz CT molecular complexity index is 849. The van der Waals surface area contributed by atoms with E-state index in [2.05, 4.69) is 15.5 Å². The third kappa shape index (κ3) is 3.79. The number of rotatable bonds is 7. The zero-order valence-electron chi connectivity index (χ0n) is 14.6. The van der Waals surface area contributed by atoms with Crippen molar-refractivity contribution < 1.29 is 14.5 Å². The van der Waals surface area contributed by atoms with Crippen molar-refractivity contribution in [1.82, 2.24) is 14.8 Å². The van der Waals surface area contributed by atoms with Crippen molar-refractivity contribution in [1.29, 1.82) is 0 Å². The highest BCUT2D eigenvalue weighted by Gasteiger charge is 2.30. The van der Waals surface area contributed by atoms with Crippen molar-refractivity contribution in [3.63, 3.8) is 0 Å². The van der Waals surface area contributed by atoms with Gasteiger partial charge in [-0.3, -0.25) is 14.9 Å². The maximum absolute atomic E-state index is 12.5. The minimum absolute atomic E-state index is 0.132. The summed E-state index contributed by atoms with van der Waals surface area (Å²) >= 11 is 1.29. The number of amides is 1. The van der Waals surface area contributed by atoms with Gasteiger partial charge >= 0.3 is 0 Å². The highest BCUT2D eigenvalue weighted by Crippen LogP contribution is 2.39. The second kappa shape index (κ2) is 7.32. The Balaban J connectivity index is 1.73. The van der Waals surface area contributed by atoms with Crippen molar-refractivity contribution in [2.75, 3.05) is 12.4 Å². The SMILES string of the molecule is COc1ccc(NC(=O)[C@@H](C)Sc2nnc(C)n2C2CC2)c([N+](=O)[O-])c1. The van der Waals surface area contributed by atoms with E-state index < -0.39 is 10.2 Å². The zero-order chi connectivity index (χ0) is 18.8. The molecule has 1 atom stereocenters. The molecule has 1 aliphatic rings. The largest absolute Gasteiger partial charge is 0.496 e. The van der Waals surface area contributed by atoms with E-state index in [0.29, 0.717) is 16.9 Å². The molecule has 1 amide bonds. The number of ether oxygens (including phenoxy) is 1. The molecular weight excluding hydrogens is 358 g/mol. The van der Waals surface area contributed by atoms with E-state index in [1.54, 1.807) is 13.0 Å². The molecule has 0 unspecified atom stereocenters. The predicted octanol–water partition coefficient (Wildman–Crippen LogP) is 2.96. The van der Waals surface area contributed by atoms with Crippen molar-refractivity contribution in [3.05, 3.63) is 34.1 Å². The fourth-order valence-electron chi connectivity index (χ4n) is 2.52. The van der Waals surface area contributed by atoms with E-state index in [1.165, 1.54) is 31.0 Å². The Hall–Kier alpha value is -2.62. The number of aromatic nitrogens is 3. The van der Waals surface area contributed by atoms with Gasteiger partial charge in [0.25, 0.3) is 5.69 Å². The lowest BCUT2D eigenvalue weighted by atomic mass is 10.2. The van der Waals surface area contributed by atoms with E-state index in [1.807, 2.05) is 11.5 Å². The third-order valence-electron chi connectivity index (χ3n) is 4.06. The topological polar surface area (TPSA) is 112 Å². The summed E-state index contributed by atoms with van der Waals surface area (Å²) in [6.45, 7) is 3.62. The standard InChI is InChI=1S/C16H19N5O4S/c1-9(26-16-19-18-10(2)20(16)11-4-5-11)15(22)17-13-7-6-12(25-3)8-14(13)21(23)24/h6-9,11H,4-5H2,1-3H3,(H,17,22)/t9-/m1/s1. The first-order valence-corrected chi connectivity index (χ1v) is 9.00. The monoisotopic (exact) mass is 377 g/mol. The van der Waals surface area contributed by atoms with Crippen LogP contribution in [0.15, 0.2) is 23.4 Å². The first-order valence-electron chi connectivity index (χ1n) is 8.12. The summed E-state index contributed by atoms with van der Waals surface area (Å²) in [5.41, 5.74) is -0.0834. The summed E-state index contributed by atoms with van der Waals surface area (Å²) in [6, 6.07) is 4.71. The van der Waals surface area contributed by atoms with Gasteiger partial charge in [-0.25, -0.2) is 0 Å². The Kier molecular flexibility index (Phi) is 5.12. The van der Waals surface area contributed by atoms with Crippen LogP contribution in [-0.4, -0.2) is 38.0 Å². The molecule has 1 heterocycles. The quantitative estimate of drug-likeness (QED) is 0.448. The van der Waals surface area contributed by atoms with Crippen molar-refractivity contribution in [2.45, 2.75) is 43.1 Å². The van der Waals surface area contributed by atoms with Crippen LogP contribution in [0, 0.1) is 17.0 Å². The van der Waals surface area contributed by atoms with E-state index in [9.17, 15) is 14.9 Å². The van der Waals surface area contributed by atoms with Crippen molar-refractivity contribution in [3.8, 4) is 5.75 Å². The number of nitrogens with zero attached hydrogens (tertiary/aromatic N) is 4. The van der Waals surface area contributed by atoms with E-state index >= 15 is 0 Å². The van der Waals surface area contributed by atoms with Crippen LogP contribution in [0.5, 0.6) is 5.75 Å². The number of nitro benzene ring substituents is 1.